The largest absolute Gasteiger partial charge is 0.424 e. The molecule has 2 aromatic carbocycles. The van der Waals surface area contributed by atoms with Crippen LogP contribution in [0.15, 0.2) is 60.7 Å². The van der Waals surface area contributed by atoms with Gasteiger partial charge in [0.25, 0.3) is 0 Å². The zero-order chi connectivity index (χ0) is 17.0. The SMILES string of the molecule is CC(C)(C)c1nc(Oc2ccccc2)nc(Oc2ccccc2)n1. The third kappa shape index (κ3) is 4.07. The molecule has 0 aliphatic rings. The summed E-state index contributed by atoms with van der Waals surface area (Å²) in [5.41, 5.74) is -0.257. The van der Waals surface area contributed by atoms with Gasteiger partial charge < -0.3 is 9.47 Å². The van der Waals surface area contributed by atoms with Crippen molar-refractivity contribution in [2.75, 3.05) is 0 Å². The number of hydrogen-bond donors (Lipinski definition) is 0. The highest BCUT2D eigenvalue weighted by Gasteiger charge is 2.21. The van der Waals surface area contributed by atoms with Gasteiger partial charge in [0.2, 0.25) is 0 Å². The van der Waals surface area contributed by atoms with Crippen molar-refractivity contribution in [1.29, 1.82) is 0 Å². The molecule has 3 aromatic rings. The zero-order valence-electron chi connectivity index (χ0n) is 13.9. The molecule has 0 amide bonds. The summed E-state index contributed by atoms with van der Waals surface area (Å²) in [6, 6.07) is 19.2. The predicted octanol–water partition coefficient (Wildman–Crippen LogP) is 4.75. The first kappa shape index (κ1) is 15.9. The van der Waals surface area contributed by atoms with Crippen LogP contribution in [0.2, 0.25) is 0 Å². The molecule has 5 nitrogen and oxygen atoms in total. The van der Waals surface area contributed by atoms with Crippen molar-refractivity contribution in [3.63, 3.8) is 0 Å². The summed E-state index contributed by atoms with van der Waals surface area (Å²) in [7, 11) is 0. The molecule has 0 spiro atoms. The molecule has 0 saturated heterocycles. The normalized spacial score (nSPS) is 11.1. The fourth-order valence-corrected chi connectivity index (χ4v) is 1.95. The molecule has 1 heterocycles. The van der Waals surface area contributed by atoms with E-state index in [4.69, 9.17) is 9.47 Å². The van der Waals surface area contributed by atoms with Crippen LogP contribution >= 0.6 is 0 Å². The summed E-state index contributed by atoms with van der Waals surface area (Å²) < 4.78 is 11.5. The maximum atomic E-state index is 5.75. The monoisotopic (exact) mass is 321 g/mol. The van der Waals surface area contributed by atoms with Crippen molar-refractivity contribution in [2.24, 2.45) is 0 Å². The molecule has 0 saturated carbocycles. The second kappa shape index (κ2) is 6.66. The van der Waals surface area contributed by atoms with Crippen molar-refractivity contribution in [3.8, 4) is 23.5 Å². The Morgan fingerprint density at radius 3 is 1.42 bits per heavy atom. The number of para-hydroxylation sites is 2. The van der Waals surface area contributed by atoms with Gasteiger partial charge in [0, 0.05) is 5.41 Å². The average Bonchev–Trinajstić information content (AvgIpc) is 2.56. The van der Waals surface area contributed by atoms with Crippen LogP contribution in [0, 0.1) is 0 Å². The lowest BCUT2D eigenvalue weighted by Gasteiger charge is -2.17. The zero-order valence-corrected chi connectivity index (χ0v) is 13.9. The van der Waals surface area contributed by atoms with E-state index in [1.165, 1.54) is 0 Å². The summed E-state index contributed by atoms with van der Waals surface area (Å²) in [6.45, 7) is 6.09. The van der Waals surface area contributed by atoms with Gasteiger partial charge in [-0.1, -0.05) is 57.2 Å². The van der Waals surface area contributed by atoms with Crippen molar-refractivity contribution in [3.05, 3.63) is 66.5 Å². The van der Waals surface area contributed by atoms with Crippen molar-refractivity contribution < 1.29 is 9.47 Å². The number of rotatable bonds is 4. The molecule has 0 radical (unpaired) electrons. The van der Waals surface area contributed by atoms with E-state index >= 15 is 0 Å². The standard InChI is InChI=1S/C19H19N3O2/c1-19(2,3)16-20-17(23-14-10-6-4-7-11-14)22-18(21-16)24-15-12-8-5-9-13-15/h4-13H,1-3H3. The molecule has 122 valence electrons. The van der Waals surface area contributed by atoms with Crippen LogP contribution in [0.5, 0.6) is 23.5 Å². The highest BCUT2D eigenvalue weighted by Crippen LogP contribution is 2.26. The first-order chi connectivity index (χ1) is 11.5. The maximum Gasteiger partial charge on any atom is 0.328 e. The van der Waals surface area contributed by atoms with E-state index in [1.54, 1.807) is 0 Å². The fourth-order valence-electron chi connectivity index (χ4n) is 1.95. The van der Waals surface area contributed by atoms with Crippen LogP contribution in [0.25, 0.3) is 0 Å². The average molecular weight is 321 g/mol. The van der Waals surface area contributed by atoms with Crippen molar-refractivity contribution in [2.45, 2.75) is 26.2 Å². The van der Waals surface area contributed by atoms with Crippen LogP contribution in [0.1, 0.15) is 26.6 Å². The Hall–Kier alpha value is -2.95. The van der Waals surface area contributed by atoms with Gasteiger partial charge in [-0.05, 0) is 24.3 Å². The van der Waals surface area contributed by atoms with Crippen LogP contribution in [-0.2, 0) is 5.41 Å². The van der Waals surface area contributed by atoms with Crippen LogP contribution in [-0.4, -0.2) is 15.0 Å². The minimum absolute atomic E-state index is 0.215. The molecule has 24 heavy (non-hydrogen) atoms. The van der Waals surface area contributed by atoms with E-state index in [1.807, 2.05) is 81.4 Å². The van der Waals surface area contributed by atoms with E-state index in [-0.39, 0.29) is 17.4 Å². The summed E-state index contributed by atoms with van der Waals surface area (Å²) in [5, 5.41) is 0. The second-order valence-corrected chi connectivity index (χ2v) is 6.30. The van der Waals surface area contributed by atoms with Gasteiger partial charge in [0.15, 0.2) is 0 Å². The maximum absolute atomic E-state index is 5.75. The topological polar surface area (TPSA) is 57.1 Å². The first-order valence-electron chi connectivity index (χ1n) is 7.73. The lowest BCUT2D eigenvalue weighted by atomic mass is 9.96. The minimum atomic E-state index is -0.257. The van der Waals surface area contributed by atoms with Gasteiger partial charge in [-0.15, -0.1) is 4.98 Å². The molecule has 0 N–H and O–H groups in total. The van der Waals surface area contributed by atoms with E-state index in [0.717, 1.165) is 0 Å². The lowest BCUT2D eigenvalue weighted by Crippen LogP contribution is -2.17. The summed E-state index contributed by atoms with van der Waals surface area (Å²) in [6.07, 6.45) is 0. The molecule has 0 atom stereocenters. The van der Waals surface area contributed by atoms with Gasteiger partial charge in [-0.25, -0.2) is 0 Å². The molecule has 0 unspecified atom stereocenters. The quantitative estimate of drug-likeness (QED) is 0.694. The van der Waals surface area contributed by atoms with Crippen LogP contribution in [0.3, 0.4) is 0 Å². The third-order valence-electron chi connectivity index (χ3n) is 3.17. The Labute approximate surface area is 141 Å². The van der Waals surface area contributed by atoms with E-state index in [0.29, 0.717) is 17.3 Å². The molecular weight excluding hydrogens is 302 g/mol. The molecule has 0 aliphatic heterocycles. The number of aromatic nitrogens is 3. The predicted molar refractivity (Wildman–Crippen MR) is 91.6 cm³/mol. The Balaban J connectivity index is 1.94. The Kier molecular flexibility index (Phi) is 4.42. The number of benzene rings is 2. The molecular formula is C19H19N3O2. The van der Waals surface area contributed by atoms with E-state index < -0.39 is 0 Å². The highest BCUT2D eigenvalue weighted by molar-refractivity contribution is 5.27. The van der Waals surface area contributed by atoms with E-state index in [2.05, 4.69) is 15.0 Å². The smallest absolute Gasteiger partial charge is 0.328 e. The lowest BCUT2D eigenvalue weighted by molar-refractivity contribution is 0.380. The number of nitrogens with zero attached hydrogens (tertiary/aromatic N) is 3. The molecule has 0 aliphatic carbocycles. The van der Waals surface area contributed by atoms with Crippen molar-refractivity contribution >= 4 is 0 Å². The number of ether oxygens (including phenoxy) is 2. The summed E-state index contributed by atoms with van der Waals surface area (Å²) >= 11 is 0. The van der Waals surface area contributed by atoms with Gasteiger partial charge in [0.05, 0.1) is 0 Å². The third-order valence-corrected chi connectivity index (χ3v) is 3.17. The molecule has 0 fully saturated rings. The highest BCUT2D eigenvalue weighted by atomic mass is 16.5. The fraction of sp³-hybridized carbons (Fsp3) is 0.211. The van der Waals surface area contributed by atoms with Gasteiger partial charge in [0.1, 0.15) is 17.3 Å². The minimum Gasteiger partial charge on any atom is -0.424 e. The summed E-state index contributed by atoms with van der Waals surface area (Å²) in [5.74, 6) is 1.93. The molecule has 1 aromatic heterocycles. The van der Waals surface area contributed by atoms with Crippen LogP contribution < -0.4 is 9.47 Å². The van der Waals surface area contributed by atoms with E-state index in [9.17, 15) is 0 Å². The van der Waals surface area contributed by atoms with Gasteiger partial charge >= 0.3 is 12.0 Å². The van der Waals surface area contributed by atoms with Gasteiger partial charge in [-0.3, -0.25) is 0 Å². The molecule has 5 heteroatoms. The first-order valence-corrected chi connectivity index (χ1v) is 7.73. The Morgan fingerprint density at radius 2 is 1.04 bits per heavy atom. The van der Waals surface area contributed by atoms with Gasteiger partial charge in [-0.2, -0.15) is 9.97 Å². The molecule has 0 bridgehead atoms. The molecule has 3 rings (SSSR count). The second-order valence-electron chi connectivity index (χ2n) is 6.30. The Morgan fingerprint density at radius 1 is 0.625 bits per heavy atom. The van der Waals surface area contributed by atoms with Crippen molar-refractivity contribution in [1.82, 2.24) is 15.0 Å². The summed E-state index contributed by atoms with van der Waals surface area (Å²) in [4.78, 5) is 13.1. The number of hydrogen-bond acceptors (Lipinski definition) is 5. The Bertz CT molecular complexity index is 740. The van der Waals surface area contributed by atoms with Crippen LogP contribution in [0.4, 0.5) is 0 Å².